The molecule has 0 radical (unpaired) electrons. The first-order valence-electron chi connectivity index (χ1n) is 12.7. The Morgan fingerprint density at radius 1 is 0.941 bits per heavy atom. The highest BCUT2D eigenvalue weighted by Crippen LogP contribution is 2.38. The van der Waals surface area contributed by atoms with Crippen molar-refractivity contribution in [2.45, 2.75) is 89.8 Å². The fourth-order valence-corrected chi connectivity index (χ4v) is 5.17. The maximum absolute atomic E-state index is 13.5. The van der Waals surface area contributed by atoms with E-state index in [1.807, 2.05) is 68.1 Å². The number of hydrogen-bond acceptors (Lipinski definition) is 4. The van der Waals surface area contributed by atoms with Gasteiger partial charge < -0.3 is 9.64 Å². The molecule has 6 heteroatoms. The monoisotopic (exact) mass is 463 g/mol. The Bertz CT molecular complexity index is 980. The van der Waals surface area contributed by atoms with E-state index in [1.165, 1.54) is 6.42 Å². The van der Waals surface area contributed by atoms with Crippen LogP contribution in [-0.4, -0.2) is 40.1 Å². The van der Waals surface area contributed by atoms with E-state index in [4.69, 9.17) is 9.72 Å². The Labute approximate surface area is 203 Å². The van der Waals surface area contributed by atoms with Gasteiger partial charge in [0.2, 0.25) is 0 Å². The first-order valence-corrected chi connectivity index (χ1v) is 12.7. The van der Waals surface area contributed by atoms with E-state index < -0.39 is 5.60 Å². The Balaban J connectivity index is 1.72. The number of benzene rings is 1. The Morgan fingerprint density at radius 3 is 2.35 bits per heavy atom. The van der Waals surface area contributed by atoms with Gasteiger partial charge in [0, 0.05) is 29.9 Å². The molecule has 0 unspecified atom stereocenters. The largest absolute Gasteiger partial charge is 0.443 e. The van der Waals surface area contributed by atoms with E-state index in [2.05, 4.69) is 0 Å². The molecule has 0 N–H and O–H groups in total. The zero-order valence-electron chi connectivity index (χ0n) is 20.7. The third kappa shape index (κ3) is 5.60. The van der Waals surface area contributed by atoms with Crippen LogP contribution in [0, 0.1) is 0 Å². The summed E-state index contributed by atoms with van der Waals surface area (Å²) in [6.07, 6.45) is 9.50. The van der Waals surface area contributed by atoms with Gasteiger partial charge in [0.15, 0.2) is 0 Å². The third-order valence-corrected chi connectivity index (χ3v) is 6.72. The van der Waals surface area contributed by atoms with Crippen molar-refractivity contribution < 1.29 is 14.3 Å². The molecule has 4 rings (SSSR count). The van der Waals surface area contributed by atoms with Gasteiger partial charge in [0.05, 0.1) is 6.04 Å². The second-order valence-electron chi connectivity index (χ2n) is 10.4. The molecule has 1 saturated heterocycles. The molecule has 2 heterocycles. The SMILES string of the molecule is CC(C)(C)OC(=O)N(c1ncccc1[C@H]1CCCCN1C(=O)c1ccccc1)C1CCCCC1. The van der Waals surface area contributed by atoms with Crippen molar-refractivity contribution in [2.24, 2.45) is 0 Å². The summed E-state index contributed by atoms with van der Waals surface area (Å²) in [7, 11) is 0. The van der Waals surface area contributed by atoms with Gasteiger partial charge in [-0.3, -0.25) is 9.69 Å². The van der Waals surface area contributed by atoms with Crippen LogP contribution >= 0.6 is 0 Å². The molecule has 2 fully saturated rings. The van der Waals surface area contributed by atoms with Crippen molar-refractivity contribution in [1.82, 2.24) is 9.88 Å². The van der Waals surface area contributed by atoms with E-state index in [0.29, 0.717) is 17.9 Å². The molecule has 0 bridgehead atoms. The number of hydrogen-bond donors (Lipinski definition) is 0. The van der Waals surface area contributed by atoms with Crippen molar-refractivity contribution in [1.29, 1.82) is 0 Å². The topological polar surface area (TPSA) is 62.7 Å². The van der Waals surface area contributed by atoms with Gasteiger partial charge in [-0.05, 0) is 71.1 Å². The van der Waals surface area contributed by atoms with Gasteiger partial charge in [-0.2, -0.15) is 0 Å². The molecule has 1 atom stereocenters. The highest BCUT2D eigenvalue weighted by atomic mass is 16.6. The fraction of sp³-hybridized carbons (Fsp3) is 0.536. The Kier molecular flexibility index (Phi) is 7.54. The van der Waals surface area contributed by atoms with Crippen LogP contribution in [-0.2, 0) is 4.74 Å². The van der Waals surface area contributed by atoms with E-state index in [-0.39, 0.29) is 24.1 Å². The molecule has 2 aliphatic rings. The first kappa shape index (κ1) is 24.2. The summed E-state index contributed by atoms with van der Waals surface area (Å²) in [5, 5.41) is 0. The fourth-order valence-electron chi connectivity index (χ4n) is 5.17. The zero-order chi connectivity index (χ0) is 24.1. The lowest BCUT2D eigenvalue weighted by Crippen LogP contribution is -2.46. The van der Waals surface area contributed by atoms with Crippen molar-refractivity contribution in [3.05, 3.63) is 59.8 Å². The number of carbonyl (C=O) groups is 2. The number of carbonyl (C=O) groups excluding carboxylic acids is 2. The maximum atomic E-state index is 13.5. The molecule has 2 amide bonds. The van der Waals surface area contributed by atoms with Gasteiger partial charge in [0.25, 0.3) is 5.91 Å². The van der Waals surface area contributed by atoms with Crippen molar-refractivity contribution >= 4 is 17.8 Å². The number of nitrogens with zero attached hydrogens (tertiary/aromatic N) is 3. The molecule has 34 heavy (non-hydrogen) atoms. The summed E-state index contributed by atoms with van der Waals surface area (Å²) in [4.78, 5) is 35.5. The first-order chi connectivity index (χ1) is 16.3. The molecule has 0 spiro atoms. The maximum Gasteiger partial charge on any atom is 0.416 e. The minimum atomic E-state index is -0.598. The lowest BCUT2D eigenvalue weighted by atomic mass is 9.92. The zero-order valence-corrected chi connectivity index (χ0v) is 20.7. The van der Waals surface area contributed by atoms with Gasteiger partial charge >= 0.3 is 6.09 Å². The van der Waals surface area contributed by atoms with Gasteiger partial charge in [-0.25, -0.2) is 9.78 Å². The molecule has 1 saturated carbocycles. The number of pyridine rings is 1. The number of piperidine rings is 1. The quantitative estimate of drug-likeness (QED) is 0.518. The number of anilines is 1. The molecule has 182 valence electrons. The molecular formula is C28H37N3O3. The number of likely N-dealkylation sites (tertiary alicyclic amines) is 1. The minimum absolute atomic E-state index is 0.0292. The van der Waals surface area contributed by atoms with Crippen LogP contribution in [0.1, 0.15) is 94.1 Å². The van der Waals surface area contributed by atoms with Gasteiger partial charge in [-0.15, -0.1) is 0 Å². The number of amides is 2. The van der Waals surface area contributed by atoms with Crippen LogP contribution in [0.4, 0.5) is 10.6 Å². The normalized spacial score (nSPS) is 19.5. The predicted molar refractivity (Wildman–Crippen MR) is 134 cm³/mol. The second kappa shape index (κ2) is 10.6. The van der Waals surface area contributed by atoms with E-state index in [9.17, 15) is 9.59 Å². The standard InChI is InChI=1S/C28H37N3O3/c1-28(2,3)34-27(33)31(22-15-8-5-9-16-22)25-23(17-12-19-29-25)24-18-10-11-20-30(24)26(32)21-13-6-4-7-14-21/h4,6-7,12-14,17,19,22,24H,5,8-11,15-16,18,20H2,1-3H3/t24-/m1/s1. The summed E-state index contributed by atoms with van der Waals surface area (Å²) < 4.78 is 5.86. The number of ether oxygens (including phenoxy) is 1. The summed E-state index contributed by atoms with van der Waals surface area (Å²) in [6.45, 7) is 6.38. The summed E-state index contributed by atoms with van der Waals surface area (Å²) in [5.74, 6) is 0.669. The minimum Gasteiger partial charge on any atom is -0.443 e. The molecule has 1 aromatic heterocycles. The smallest absolute Gasteiger partial charge is 0.416 e. The number of rotatable bonds is 4. The summed E-state index contributed by atoms with van der Waals surface area (Å²) in [5.41, 5.74) is 1.03. The average Bonchev–Trinajstić information content (AvgIpc) is 2.84. The van der Waals surface area contributed by atoms with E-state index in [1.54, 1.807) is 11.1 Å². The third-order valence-electron chi connectivity index (χ3n) is 6.72. The van der Waals surface area contributed by atoms with Gasteiger partial charge in [-0.1, -0.05) is 43.5 Å². The summed E-state index contributed by atoms with van der Waals surface area (Å²) >= 11 is 0. The van der Waals surface area contributed by atoms with Crippen molar-refractivity contribution in [3.8, 4) is 0 Å². The predicted octanol–water partition coefficient (Wildman–Crippen LogP) is 6.52. The van der Waals surface area contributed by atoms with Crippen LogP contribution in [0.2, 0.25) is 0 Å². The average molecular weight is 464 g/mol. The van der Waals surface area contributed by atoms with Crippen LogP contribution in [0.3, 0.4) is 0 Å². The van der Waals surface area contributed by atoms with Crippen LogP contribution in [0.25, 0.3) is 0 Å². The Morgan fingerprint density at radius 2 is 1.65 bits per heavy atom. The van der Waals surface area contributed by atoms with E-state index in [0.717, 1.165) is 50.5 Å². The van der Waals surface area contributed by atoms with Crippen LogP contribution in [0.5, 0.6) is 0 Å². The molecule has 1 aromatic carbocycles. The Hall–Kier alpha value is -2.89. The molecule has 1 aliphatic heterocycles. The van der Waals surface area contributed by atoms with Gasteiger partial charge in [0.1, 0.15) is 11.4 Å². The molecular weight excluding hydrogens is 426 g/mol. The highest BCUT2D eigenvalue weighted by Gasteiger charge is 2.37. The number of aromatic nitrogens is 1. The molecule has 6 nitrogen and oxygen atoms in total. The van der Waals surface area contributed by atoms with Crippen LogP contribution < -0.4 is 4.90 Å². The van der Waals surface area contributed by atoms with E-state index >= 15 is 0 Å². The van der Waals surface area contributed by atoms with Crippen molar-refractivity contribution in [3.63, 3.8) is 0 Å². The second-order valence-corrected chi connectivity index (χ2v) is 10.4. The van der Waals surface area contributed by atoms with Crippen LogP contribution in [0.15, 0.2) is 48.7 Å². The summed E-state index contributed by atoms with van der Waals surface area (Å²) in [6, 6.07) is 13.3. The lowest BCUT2D eigenvalue weighted by molar-refractivity contribution is 0.0555. The lowest BCUT2D eigenvalue weighted by Gasteiger charge is -2.40. The van der Waals surface area contributed by atoms with Crippen molar-refractivity contribution in [2.75, 3.05) is 11.4 Å². The molecule has 2 aromatic rings. The molecule has 1 aliphatic carbocycles. The highest BCUT2D eigenvalue weighted by molar-refractivity contribution is 5.95.